The molecular formula is C28H30F3N3O3S. The number of anilines is 2. The first kappa shape index (κ1) is 26.5. The average Bonchev–Trinajstić information content (AvgIpc) is 3.74. The second-order valence-electron chi connectivity index (χ2n) is 9.67. The van der Waals surface area contributed by atoms with E-state index in [0.717, 1.165) is 49.2 Å². The number of aryl methyl sites for hydroxylation is 2. The van der Waals surface area contributed by atoms with Crippen molar-refractivity contribution in [3.63, 3.8) is 0 Å². The van der Waals surface area contributed by atoms with Crippen LogP contribution in [0.2, 0.25) is 0 Å². The summed E-state index contributed by atoms with van der Waals surface area (Å²) in [7, 11) is -3.19. The number of benzene rings is 3. The van der Waals surface area contributed by atoms with Crippen LogP contribution >= 0.6 is 0 Å². The van der Waals surface area contributed by atoms with Crippen LogP contribution < -0.4 is 14.4 Å². The minimum Gasteiger partial charge on any atom is -0.406 e. The van der Waals surface area contributed by atoms with Crippen molar-refractivity contribution < 1.29 is 27.2 Å². The van der Waals surface area contributed by atoms with Gasteiger partial charge in [0.15, 0.2) is 0 Å². The molecule has 1 aliphatic heterocycles. The summed E-state index contributed by atoms with van der Waals surface area (Å²) >= 11 is 0. The Labute approximate surface area is 220 Å². The first-order valence-corrected chi connectivity index (χ1v) is 14.2. The summed E-state index contributed by atoms with van der Waals surface area (Å²) in [5.74, 6) is -0.0378. The molecule has 0 amide bonds. The molecule has 1 heterocycles. The summed E-state index contributed by atoms with van der Waals surface area (Å²) in [5.41, 5.74) is 4.42. The molecular weight excluding hydrogens is 515 g/mol. The van der Waals surface area contributed by atoms with Crippen LogP contribution in [0.25, 0.3) is 0 Å². The zero-order valence-electron chi connectivity index (χ0n) is 20.7. The van der Waals surface area contributed by atoms with E-state index in [0.29, 0.717) is 12.5 Å². The highest BCUT2D eigenvalue weighted by Gasteiger charge is 2.31. The van der Waals surface area contributed by atoms with Gasteiger partial charge >= 0.3 is 6.36 Å². The van der Waals surface area contributed by atoms with Crippen LogP contribution in [-0.2, 0) is 22.8 Å². The molecule has 3 aromatic rings. The Morgan fingerprint density at radius 2 is 1.55 bits per heavy atom. The molecule has 0 aromatic heterocycles. The third kappa shape index (κ3) is 6.48. The summed E-state index contributed by atoms with van der Waals surface area (Å²) in [6.07, 6.45) is -1.92. The van der Waals surface area contributed by atoms with Crippen LogP contribution in [0.3, 0.4) is 0 Å². The lowest BCUT2D eigenvalue weighted by atomic mass is 10.0. The minimum atomic E-state index is -4.81. The van der Waals surface area contributed by atoms with Crippen LogP contribution in [0.1, 0.15) is 24.0 Å². The monoisotopic (exact) mass is 545 g/mol. The summed E-state index contributed by atoms with van der Waals surface area (Å²) in [5, 5.41) is 11.1. The van der Waals surface area contributed by atoms with Gasteiger partial charge in [0.25, 0.3) is 0 Å². The lowest BCUT2D eigenvalue weighted by molar-refractivity contribution is -0.274. The van der Waals surface area contributed by atoms with E-state index in [-0.39, 0.29) is 18.0 Å². The molecule has 0 saturated heterocycles. The lowest BCUT2D eigenvalue weighted by Gasteiger charge is -2.29. The molecule has 202 valence electrons. The number of aliphatic hydroxyl groups excluding tert-OH is 1. The molecule has 1 saturated carbocycles. The van der Waals surface area contributed by atoms with Crippen molar-refractivity contribution in [1.82, 2.24) is 4.72 Å². The maximum Gasteiger partial charge on any atom is 0.573 e. The number of hydrogen-bond acceptors (Lipinski definition) is 5. The van der Waals surface area contributed by atoms with Crippen LogP contribution in [0.4, 0.5) is 24.5 Å². The van der Waals surface area contributed by atoms with E-state index in [2.05, 4.69) is 30.9 Å². The van der Waals surface area contributed by atoms with Crippen LogP contribution in [-0.4, -0.2) is 41.4 Å². The van der Waals surface area contributed by atoms with Gasteiger partial charge in [-0.25, -0.2) is 13.3 Å². The van der Waals surface area contributed by atoms with Gasteiger partial charge in [0.2, 0.25) is 0 Å². The van der Waals surface area contributed by atoms with Gasteiger partial charge in [0.1, 0.15) is 15.7 Å². The number of alkyl halides is 3. The van der Waals surface area contributed by atoms with Crippen molar-refractivity contribution in [2.24, 2.45) is 10.3 Å². The summed E-state index contributed by atoms with van der Waals surface area (Å²) in [4.78, 5) is 2.33. The highest BCUT2D eigenvalue weighted by atomic mass is 32.2. The molecule has 2 aliphatic rings. The fourth-order valence-corrected chi connectivity index (χ4v) is 6.34. The standard InChI is InChI=1S/C28H30F3N3O3S/c29-28(30,31)37-24-13-15-25(16-14-24)38(36,32-17-20-9-10-20)33-18-23(35)19-34-26-7-3-1-5-21(26)11-12-22-6-2-4-8-27(22)34/h1-8,13-16,20,23,35H,9-12,17-19H2,(H,32,33,36)/t23-,38-/m0/s1. The minimum absolute atomic E-state index is 0.0192. The van der Waals surface area contributed by atoms with Crippen molar-refractivity contribution in [3.8, 4) is 5.75 Å². The van der Waals surface area contributed by atoms with E-state index in [1.807, 2.05) is 36.4 Å². The molecule has 1 fully saturated rings. The first-order valence-electron chi connectivity index (χ1n) is 12.6. The van der Waals surface area contributed by atoms with Gasteiger partial charge in [-0.1, -0.05) is 36.4 Å². The Kier molecular flexibility index (Phi) is 7.65. The van der Waals surface area contributed by atoms with E-state index >= 15 is 0 Å². The number of ether oxygens (including phenoxy) is 1. The Bertz CT molecular complexity index is 1340. The topological polar surface area (TPSA) is 74.2 Å². The number of nitrogens with one attached hydrogen (secondary N) is 1. The molecule has 2 atom stereocenters. The van der Waals surface area contributed by atoms with E-state index in [1.165, 1.54) is 23.3 Å². The van der Waals surface area contributed by atoms with Crippen LogP contribution in [0, 0.1) is 5.92 Å². The van der Waals surface area contributed by atoms with Crippen molar-refractivity contribution in [1.29, 1.82) is 0 Å². The Hall–Kier alpha value is -3.08. The number of hydrogen-bond donors (Lipinski definition) is 2. The Morgan fingerprint density at radius 3 is 2.11 bits per heavy atom. The second-order valence-corrected chi connectivity index (χ2v) is 11.7. The fourth-order valence-electron chi connectivity index (χ4n) is 4.59. The summed E-state index contributed by atoms with van der Waals surface area (Å²) in [6.45, 7) is 0.627. The van der Waals surface area contributed by atoms with Gasteiger partial charge in [-0.3, -0.25) is 0 Å². The van der Waals surface area contributed by atoms with Gasteiger partial charge in [0.05, 0.1) is 24.1 Å². The third-order valence-electron chi connectivity index (χ3n) is 6.72. The van der Waals surface area contributed by atoms with Gasteiger partial charge in [-0.15, -0.1) is 13.2 Å². The number of fused-ring (bicyclic) bond motifs is 2. The molecule has 3 aromatic carbocycles. The second kappa shape index (κ2) is 11.0. The molecule has 10 heteroatoms. The zero-order valence-corrected chi connectivity index (χ0v) is 21.5. The quantitative estimate of drug-likeness (QED) is 0.366. The number of β-amino-alcohol motifs (C(OH)–C–C–N with tert-alkyl or cyclic N) is 1. The fraction of sp³-hybridized carbons (Fsp3) is 0.357. The largest absolute Gasteiger partial charge is 0.573 e. The summed E-state index contributed by atoms with van der Waals surface area (Å²) in [6, 6.07) is 21.1. The predicted molar refractivity (Wildman–Crippen MR) is 141 cm³/mol. The average molecular weight is 546 g/mol. The van der Waals surface area contributed by atoms with E-state index in [9.17, 15) is 22.5 Å². The molecule has 1 aliphatic carbocycles. The first-order chi connectivity index (χ1) is 18.2. The number of para-hydroxylation sites is 2. The molecule has 6 nitrogen and oxygen atoms in total. The normalized spacial score (nSPS) is 17.5. The number of halogens is 3. The Morgan fingerprint density at radius 1 is 0.974 bits per heavy atom. The highest BCUT2D eigenvalue weighted by Crippen LogP contribution is 2.36. The van der Waals surface area contributed by atoms with Crippen molar-refractivity contribution in [3.05, 3.63) is 83.9 Å². The highest BCUT2D eigenvalue weighted by molar-refractivity contribution is 7.91. The molecule has 0 spiro atoms. The van der Waals surface area contributed by atoms with Gasteiger partial charge in [-0.2, -0.15) is 0 Å². The molecule has 0 bridgehead atoms. The molecule has 0 radical (unpaired) electrons. The maximum absolute atomic E-state index is 13.9. The molecule has 2 N–H and O–H groups in total. The smallest absolute Gasteiger partial charge is 0.406 e. The molecule has 38 heavy (non-hydrogen) atoms. The van der Waals surface area contributed by atoms with Crippen LogP contribution in [0.15, 0.2) is 82.1 Å². The number of aliphatic hydroxyl groups is 1. The van der Waals surface area contributed by atoms with Crippen molar-refractivity contribution >= 4 is 21.3 Å². The summed E-state index contributed by atoms with van der Waals surface area (Å²) < 4.78 is 62.9. The maximum atomic E-state index is 13.9. The Balaban J connectivity index is 1.35. The molecule has 5 rings (SSSR count). The number of nitrogens with zero attached hydrogens (tertiary/aromatic N) is 2. The lowest BCUT2D eigenvalue weighted by Crippen LogP contribution is -2.39. The van der Waals surface area contributed by atoms with Gasteiger partial charge in [0, 0.05) is 17.9 Å². The predicted octanol–water partition coefficient (Wildman–Crippen LogP) is 5.62. The van der Waals surface area contributed by atoms with Crippen LogP contribution in [0.5, 0.6) is 5.75 Å². The van der Waals surface area contributed by atoms with E-state index in [1.54, 1.807) is 0 Å². The zero-order chi connectivity index (χ0) is 26.8. The number of rotatable bonds is 9. The van der Waals surface area contributed by atoms with Gasteiger partial charge in [-0.05, 0) is 79.1 Å². The van der Waals surface area contributed by atoms with E-state index < -0.39 is 28.1 Å². The molecule has 0 unspecified atom stereocenters. The third-order valence-corrected chi connectivity index (χ3v) is 8.71. The van der Waals surface area contributed by atoms with Crippen molar-refractivity contribution in [2.45, 2.75) is 43.0 Å². The SMILES string of the molecule is O=[S@@](=NCC1CC1)(NC[C@H](O)CN1c2ccccc2CCc2ccccc21)c1ccc(OC(F)(F)F)cc1. The van der Waals surface area contributed by atoms with Gasteiger partial charge < -0.3 is 14.7 Å². The van der Waals surface area contributed by atoms with E-state index in [4.69, 9.17) is 0 Å². The van der Waals surface area contributed by atoms with Crippen molar-refractivity contribution in [2.75, 3.05) is 24.5 Å².